The summed E-state index contributed by atoms with van der Waals surface area (Å²) in [5, 5.41) is 3.89. The Morgan fingerprint density at radius 3 is 2.75 bits per heavy atom. The van der Waals surface area contributed by atoms with Crippen LogP contribution in [-0.2, 0) is 11.3 Å². The van der Waals surface area contributed by atoms with E-state index < -0.39 is 0 Å². The van der Waals surface area contributed by atoms with Crippen LogP contribution in [0, 0.1) is 0 Å². The minimum Gasteiger partial charge on any atom is -0.350 e. The van der Waals surface area contributed by atoms with Gasteiger partial charge in [0.15, 0.2) is 6.29 Å². The van der Waals surface area contributed by atoms with Gasteiger partial charge in [-0.1, -0.05) is 19.1 Å². The zero-order valence-electron chi connectivity index (χ0n) is 12.1. The number of rotatable bonds is 5. The van der Waals surface area contributed by atoms with Crippen molar-refractivity contribution in [1.29, 1.82) is 0 Å². The molecule has 0 saturated carbocycles. The van der Waals surface area contributed by atoms with E-state index in [9.17, 15) is 9.59 Å². The fraction of sp³-hybridized carbons (Fsp3) is 0.375. The Hall–Kier alpha value is -2.10. The second kappa shape index (κ2) is 5.49. The summed E-state index contributed by atoms with van der Waals surface area (Å²) in [7, 11) is 0. The summed E-state index contributed by atoms with van der Waals surface area (Å²) in [5.41, 5.74) is 1.35. The lowest BCUT2D eigenvalue weighted by Gasteiger charge is -2.24. The zero-order valence-corrected chi connectivity index (χ0v) is 12.1. The summed E-state index contributed by atoms with van der Waals surface area (Å²) in [6.45, 7) is 6.31. The maximum absolute atomic E-state index is 12.1. The number of benzene rings is 1. The smallest absolute Gasteiger partial charge is 0.240 e. The summed E-state index contributed by atoms with van der Waals surface area (Å²) < 4.78 is 1.86. The minimum absolute atomic E-state index is 0.0224. The second-order valence-electron chi connectivity index (χ2n) is 5.63. The summed E-state index contributed by atoms with van der Waals surface area (Å²) in [6, 6.07) is 7.40. The van der Waals surface area contributed by atoms with Gasteiger partial charge in [-0.05, 0) is 32.4 Å². The highest BCUT2D eigenvalue weighted by atomic mass is 16.2. The van der Waals surface area contributed by atoms with E-state index in [0.717, 1.165) is 23.6 Å². The number of aldehydes is 1. The first kappa shape index (κ1) is 14.3. The van der Waals surface area contributed by atoms with Crippen molar-refractivity contribution in [2.45, 2.75) is 39.3 Å². The highest BCUT2D eigenvalue weighted by molar-refractivity contribution is 5.97. The van der Waals surface area contributed by atoms with Crippen LogP contribution < -0.4 is 5.32 Å². The highest BCUT2D eigenvalue weighted by Crippen LogP contribution is 2.19. The molecular formula is C16H20N2O2. The molecule has 106 valence electrons. The van der Waals surface area contributed by atoms with Crippen molar-refractivity contribution in [2.24, 2.45) is 0 Å². The number of nitrogens with one attached hydrogen (secondary N) is 1. The van der Waals surface area contributed by atoms with Crippen molar-refractivity contribution in [2.75, 3.05) is 0 Å². The van der Waals surface area contributed by atoms with Gasteiger partial charge in [0.25, 0.3) is 0 Å². The molecule has 1 aromatic carbocycles. The summed E-state index contributed by atoms with van der Waals surface area (Å²) in [4.78, 5) is 23.1. The third-order valence-corrected chi connectivity index (χ3v) is 3.65. The first-order valence-corrected chi connectivity index (χ1v) is 6.81. The van der Waals surface area contributed by atoms with Gasteiger partial charge in [-0.2, -0.15) is 0 Å². The fourth-order valence-corrected chi connectivity index (χ4v) is 2.15. The van der Waals surface area contributed by atoms with E-state index in [-0.39, 0.29) is 18.0 Å². The molecule has 0 radical (unpaired) electrons. The Morgan fingerprint density at radius 2 is 2.10 bits per heavy atom. The predicted octanol–water partition coefficient (Wildman–Crippen LogP) is 2.76. The van der Waals surface area contributed by atoms with Crippen LogP contribution in [0.3, 0.4) is 0 Å². The molecule has 0 aliphatic heterocycles. The Labute approximate surface area is 118 Å². The van der Waals surface area contributed by atoms with Crippen molar-refractivity contribution in [1.82, 2.24) is 9.88 Å². The van der Waals surface area contributed by atoms with Crippen LogP contribution in [0.2, 0.25) is 0 Å². The molecule has 1 amide bonds. The van der Waals surface area contributed by atoms with E-state index in [1.165, 1.54) is 0 Å². The fourth-order valence-electron chi connectivity index (χ4n) is 2.15. The van der Waals surface area contributed by atoms with Crippen molar-refractivity contribution >= 4 is 23.1 Å². The quantitative estimate of drug-likeness (QED) is 0.851. The van der Waals surface area contributed by atoms with Gasteiger partial charge in [0.2, 0.25) is 5.91 Å². The molecule has 1 aromatic heterocycles. The molecule has 0 aliphatic carbocycles. The van der Waals surface area contributed by atoms with Gasteiger partial charge in [-0.15, -0.1) is 0 Å². The average Bonchev–Trinajstić information content (AvgIpc) is 2.81. The number of nitrogens with zero attached hydrogens (tertiary/aromatic N) is 1. The summed E-state index contributed by atoms with van der Waals surface area (Å²) in [6.07, 6.45) is 3.56. The Balaban J connectivity index is 2.23. The van der Waals surface area contributed by atoms with Gasteiger partial charge in [0.1, 0.15) is 6.54 Å². The number of carbonyl (C=O) groups is 2. The maximum atomic E-state index is 12.1. The summed E-state index contributed by atoms with van der Waals surface area (Å²) in [5.74, 6) is -0.0224. The molecule has 1 N–H and O–H groups in total. The van der Waals surface area contributed by atoms with Gasteiger partial charge in [0, 0.05) is 28.2 Å². The molecule has 0 atom stereocenters. The van der Waals surface area contributed by atoms with Crippen LogP contribution in [-0.4, -0.2) is 22.3 Å². The lowest BCUT2D eigenvalue weighted by Crippen LogP contribution is -2.44. The molecule has 0 aliphatic rings. The van der Waals surface area contributed by atoms with Crippen LogP contribution in [0.25, 0.3) is 10.9 Å². The van der Waals surface area contributed by atoms with Crippen LogP contribution in [0.1, 0.15) is 37.6 Å². The molecule has 4 nitrogen and oxygen atoms in total. The molecule has 0 saturated heterocycles. The monoisotopic (exact) mass is 272 g/mol. The number of hydrogen-bond donors (Lipinski definition) is 1. The minimum atomic E-state index is -0.200. The van der Waals surface area contributed by atoms with Crippen LogP contribution >= 0.6 is 0 Å². The molecule has 0 bridgehead atoms. The van der Waals surface area contributed by atoms with Crippen molar-refractivity contribution < 1.29 is 9.59 Å². The Kier molecular flexibility index (Phi) is 3.93. The van der Waals surface area contributed by atoms with E-state index in [1.807, 2.05) is 49.7 Å². The third-order valence-electron chi connectivity index (χ3n) is 3.65. The van der Waals surface area contributed by atoms with E-state index >= 15 is 0 Å². The Morgan fingerprint density at radius 1 is 1.35 bits per heavy atom. The van der Waals surface area contributed by atoms with E-state index in [1.54, 1.807) is 6.07 Å². The van der Waals surface area contributed by atoms with Crippen LogP contribution in [0.4, 0.5) is 0 Å². The van der Waals surface area contributed by atoms with E-state index in [4.69, 9.17) is 0 Å². The van der Waals surface area contributed by atoms with Gasteiger partial charge in [0.05, 0.1) is 0 Å². The van der Waals surface area contributed by atoms with Crippen molar-refractivity contribution in [3.8, 4) is 0 Å². The Bertz CT molecular complexity index is 641. The molecular weight excluding hydrogens is 252 g/mol. The predicted molar refractivity (Wildman–Crippen MR) is 79.8 cm³/mol. The van der Waals surface area contributed by atoms with E-state index in [2.05, 4.69) is 5.32 Å². The van der Waals surface area contributed by atoms with Gasteiger partial charge >= 0.3 is 0 Å². The largest absolute Gasteiger partial charge is 0.350 e. The SMILES string of the molecule is CCC(C)(C)NC(=O)Cn1ccc2c(C=O)cccc21. The topological polar surface area (TPSA) is 51.1 Å². The number of hydrogen-bond acceptors (Lipinski definition) is 2. The highest BCUT2D eigenvalue weighted by Gasteiger charge is 2.18. The number of fused-ring (bicyclic) bond motifs is 1. The molecule has 0 spiro atoms. The first-order valence-electron chi connectivity index (χ1n) is 6.81. The standard InChI is InChI=1S/C16H20N2O2/c1-4-16(2,3)17-15(20)10-18-9-8-13-12(11-19)6-5-7-14(13)18/h5-9,11H,4,10H2,1-3H3,(H,17,20). The molecule has 20 heavy (non-hydrogen) atoms. The van der Waals surface area contributed by atoms with Crippen molar-refractivity contribution in [3.05, 3.63) is 36.0 Å². The molecule has 2 aromatic rings. The summed E-state index contributed by atoms with van der Waals surface area (Å²) >= 11 is 0. The van der Waals surface area contributed by atoms with Gasteiger partial charge in [-0.3, -0.25) is 9.59 Å². The molecule has 0 fully saturated rings. The normalized spacial score (nSPS) is 11.6. The molecule has 4 heteroatoms. The van der Waals surface area contributed by atoms with Crippen molar-refractivity contribution in [3.63, 3.8) is 0 Å². The maximum Gasteiger partial charge on any atom is 0.240 e. The van der Waals surface area contributed by atoms with Gasteiger partial charge in [-0.25, -0.2) is 0 Å². The average molecular weight is 272 g/mol. The van der Waals surface area contributed by atoms with Crippen LogP contribution in [0.15, 0.2) is 30.5 Å². The van der Waals surface area contributed by atoms with Crippen LogP contribution in [0.5, 0.6) is 0 Å². The number of carbonyl (C=O) groups excluding carboxylic acids is 2. The zero-order chi connectivity index (χ0) is 14.8. The lowest BCUT2D eigenvalue weighted by atomic mass is 10.0. The molecule has 1 heterocycles. The van der Waals surface area contributed by atoms with Gasteiger partial charge < -0.3 is 9.88 Å². The lowest BCUT2D eigenvalue weighted by molar-refractivity contribution is -0.123. The third kappa shape index (κ3) is 2.90. The number of amides is 1. The second-order valence-corrected chi connectivity index (χ2v) is 5.63. The molecule has 0 unspecified atom stereocenters. The number of aromatic nitrogens is 1. The molecule has 2 rings (SSSR count). The first-order chi connectivity index (χ1) is 9.46. The van der Waals surface area contributed by atoms with E-state index in [0.29, 0.717) is 5.56 Å².